The maximum absolute atomic E-state index is 6.90. The highest BCUT2D eigenvalue weighted by Crippen LogP contribution is 2.52. The summed E-state index contributed by atoms with van der Waals surface area (Å²) in [5.74, 6) is 1.66. The second kappa shape index (κ2) is 13.8. The molecule has 12 rings (SSSR count). The highest BCUT2D eigenvalue weighted by molar-refractivity contribution is 6.18. The number of ether oxygens (including phenoxy) is 1. The minimum Gasteiger partial charge on any atom is -0.456 e. The van der Waals surface area contributed by atoms with E-state index < -0.39 is 0 Å². The Hall–Kier alpha value is -8.08. The largest absolute Gasteiger partial charge is 0.456 e. The standard InChI is InChI=1S/C56H36N2O2/c1-4-14-37(15-5-1)38-26-29-42(30-27-38)57(40-16-6-2-7-17-40)43-31-28-39-34-50-46-33-32-44(36-54(46)59-53-25-13-21-47(55(50)53)49(39)35-43)58(41-18-8-3-9-19-41)51-23-12-22-48-45-20-10-11-24-52(45)60-56(48)51/h1-36H. The van der Waals surface area contributed by atoms with Crippen molar-refractivity contribution in [1.29, 1.82) is 0 Å². The fourth-order valence-corrected chi connectivity index (χ4v) is 9.05. The molecule has 1 aliphatic rings. The van der Waals surface area contributed by atoms with Gasteiger partial charge >= 0.3 is 0 Å². The van der Waals surface area contributed by atoms with Gasteiger partial charge in [0, 0.05) is 50.5 Å². The van der Waals surface area contributed by atoms with Crippen molar-refractivity contribution in [2.24, 2.45) is 0 Å². The molecule has 0 saturated heterocycles. The summed E-state index contributed by atoms with van der Waals surface area (Å²) in [6.07, 6.45) is 0. The van der Waals surface area contributed by atoms with E-state index in [1.165, 1.54) is 21.9 Å². The molecule has 282 valence electrons. The van der Waals surface area contributed by atoms with Gasteiger partial charge in [-0.3, -0.25) is 0 Å². The number of hydrogen-bond acceptors (Lipinski definition) is 4. The van der Waals surface area contributed by atoms with E-state index in [-0.39, 0.29) is 0 Å². The van der Waals surface area contributed by atoms with Crippen LogP contribution in [0.25, 0.3) is 65.7 Å². The van der Waals surface area contributed by atoms with Crippen LogP contribution in [0.5, 0.6) is 11.5 Å². The van der Waals surface area contributed by atoms with Crippen LogP contribution in [0.1, 0.15) is 0 Å². The van der Waals surface area contributed by atoms with Crippen LogP contribution < -0.4 is 14.5 Å². The quantitative estimate of drug-likeness (QED) is 0.151. The molecule has 0 unspecified atom stereocenters. The van der Waals surface area contributed by atoms with Gasteiger partial charge in [0.15, 0.2) is 5.58 Å². The first-order valence-electron chi connectivity index (χ1n) is 20.3. The molecule has 2 heterocycles. The lowest BCUT2D eigenvalue weighted by Crippen LogP contribution is -2.11. The fraction of sp³-hybridized carbons (Fsp3) is 0. The van der Waals surface area contributed by atoms with Crippen molar-refractivity contribution in [3.8, 4) is 33.8 Å². The summed E-state index contributed by atoms with van der Waals surface area (Å²) >= 11 is 0. The molecule has 10 aromatic carbocycles. The van der Waals surface area contributed by atoms with Crippen LogP contribution in [-0.4, -0.2) is 0 Å². The number of furan rings is 1. The van der Waals surface area contributed by atoms with Gasteiger partial charge in [0.1, 0.15) is 17.1 Å². The maximum Gasteiger partial charge on any atom is 0.159 e. The monoisotopic (exact) mass is 768 g/mol. The molecule has 0 radical (unpaired) electrons. The predicted molar refractivity (Wildman–Crippen MR) is 249 cm³/mol. The molecular weight excluding hydrogens is 733 g/mol. The number of hydrogen-bond donors (Lipinski definition) is 0. The highest BCUT2D eigenvalue weighted by atomic mass is 16.5. The molecule has 0 N–H and O–H groups in total. The topological polar surface area (TPSA) is 28.9 Å². The van der Waals surface area contributed by atoms with Crippen molar-refractivity contribution in [1.82, 2.24) is 0 Å². The predicted octanol–water partition coefficient (Wildman–Crippen LogP) is 16.3. The Balaban J connectivity index is 0.980. The van der Waals surface area contributed by atoms with Crippen molar-refractivity contribution in [3.05, 3.63) is 218 Å². The number of rotatable bonds is 7. The SMILES string of the molecule is c1ccc(-c2ccc(N(c3ccccc3)c3ccc4cc5c6c(cccc6c4c3)Oc3cc(N(c4ccccc4)c4cccc6c4oc4ccccc46)ccc3-5)cc2)cc1. The molecule has 0 bridgehead atoms. The minimum atomic E-state index is 0.815. The van der Waals surface area contributed by atoms with E-state index in [4.69, 9.17) is 9.15 Å². The van der Waals surface area contributed by atoms with Crippen molar-refractivity contribution >= 4 is 77.6 Å². The molecule has 0 atom stereocenters. The van der Waals surface area contributed by atoms with E-state index in [9.17, 15) is 0 Å². The number of fused-ring (bicyclic) bond motifs is 7. The van der Waals surface area contributed by atoms with Crippen molar-refractivity contribution in [2.45, 2.75) is 0 Å². The van der Waals surface area contributed by atoms with Gasteiger partial charge in [0.05, 0.1) is 11.4 Å². The van der Waals surface area contributed by atoms with Gasteiger partial charge in [-0.2, -0.15) is 0 Å². The molecule has 0 amide bonds. The van der Waals surface area contributed by atoms with Crippen molar-refractivity contribution < 1.29 is 9.15 Å². The van der Waals surface area contributed by atoms with Gasteiger partial charge in [-0.25, -0.2) is 0 Å². The fourth-order valence-electron chi connectivity index (χ4n) is 9.05. The van der Waals surface area contributed by atoms with Gasteiger partial charge in [-0.15, -0.1) is 0 Å². The van der Waals surface area contributed by atoms with Gasteiger partial charge in [0.25, 0.3) is 0 Å². The molecule has 0 aliphatic carbocycles. The molecule has 1 aromatic heterocycles. The first-order chi connectivity index (χ1) is 29.7. The summed E-state index contributed by atoms with van der Waals surface area (Å²) in [7, 11) is 0. The maximum atomic E-state index is 6.90. The third kappa shape index (κ3) is 5.53. The number of para-hydroxylation sites is 4. The first kappa shape index (κ1) is 34.0. The van der Waals surface area contributed by atoms with Crippen LogP contribution in [0.4, 0.5) is 34.1 Å². The molecule has 60 heavy (non-hydrogen) atoms. The Labute approximate surface area is 347 Å². The second-order valence-electron chi connectivity index (χ2n) is 15.3. The Morgan fingerprint density at radius 2 is 0.933 bits per heavy atom. The summed E-state index contributed by atoms with van der Waals surface area (Å²) in [6.45, 7) is 0. The normalized spacial score (nSPS) is 11.8. The van der Waals surface area contributed by atoms with Crippen molar-refractivity contribution in [3.63, 3.8) is 0 Å². The van der Waals surface area contributed by atoms with E-state index in [1.54, 1.807) is 0 Å². The highest BCUT2D eigenvalue weighted by Gasteiger charge is 2.26. The van der Waals surface area contributed by atoms with Crippen LogP contribution in [0.2, 0.25) is 0 Å². The molecule has 4 heteroatoms. The Morgan fingerprint density at radius 3 is 1.73 bits per heavy atom. The minimum absolute atomic E-state index is 0.815. The molecular formula is C56H36N2O2. The molecule has 0 fully saturated rings. The molecule has 4 nitrogen and oxygen atoms in total. The van der Waals surface area contributed by atoms with E-state index in [2.05, 4.69) is 210 Å². The van der Waals surface area contributed by atoms with Crippen LogP contribution >= 0.6 is 0 Å². The third-order valence-corrected chi connectivity index (χ3v) is 11.8. The van der Waals surface area contributed by atoms with Crippen LogP contribution in [0.3, 0.4) is 0 Å². The molecule has 11 aromatic rings. The zero-order valence-electron chi connectivity index (χ0n) is 32.5. The lowest BCUT2D eigenvalue weighted by Gasteiger charge is -2.28. The average Bonchev–Trinajstić information content (AvgIpc) is 3.70. The van der Waals surface area contributed by atoms with E-state index >= 15 is 0 Å². The van der Waals surface area contributed by atoms with Gasteiger partial charge in [-0.05, 0) is 118 Å². The van der Waals surface area contributed by atoms with Crippen LogP contribution in [-0.2, 0) is 0 Å². The first-order valence-corrected chi connectivity index (χ1v) is 20.3. The molecule has 0 saturated carbocycles. The zero-order chi connectivity index (χ0) is 39.6. The van der Waals surface area contributed by atoms with E-state index in [0.29, 0.717) is 0 Å². The van der Waals surface area contributed by atoms with E-state index in [1.807, 2.05) is 18.2 Å². The second-order valence-corrected chi connectivity index (χ2v) is 15.3. The average molecular weight is 769 g/mol. The number of anilines is 6. The summed E-state index contributed by atoms with van der Waals surface area (Å²) in [6, 6.07) is 77.2. The van der Waals surface area contributed by atoms with Crippen LogP contribution in [0.15, 0.2) is 223 Å². The van der Waals surface area contributed by atoms with Gasteiger partial charge in [-0.1, -0.05) is 127 Å². The summed E-state index contributed by atoms with van der Waals surface area (Å²) < 4.78 is 13.5. The van der Waals surface area contributed by atoms with Gasteiger partial charge < -0.3 is 19.0 Å². The van der Waals surface area contributed by atoms with Gasteiger partial charge in [0.2, 0.25) is 0 Å². The summed E-state index contributed by atoms with van der Waals surface area (Å²) in [5, 5.41) is 6.81. The Bertz CT molecular complexity index is 3400. The lowest BCUT2D eigenvalue weighted by molar-refractivity contribution is 0.487. The molecule has 0 spiro atoms. The van der Waals surface area contributed by atoms with Crippen LogP contribution in [0, 0.1) is 0 Å². The van der Waals surface area contributed by atoms with E-state index in [0.717, 1.165) is 89.5 Å². The summed E-state index contributed by atoms with van der Waals surface area (Å²) in [4.78, 5) is 4.60. The lowest BCUT2D eigenvalue weighted by atomic mass is 9.90. The summed E-state index contributed by atoms with van der Waals surface area (Å²) in [5.41, 5.74) is 12.6. The number of nitrogens with zero attached hydrogens (tertiary/aromatic N) is 2. The Morgan fingerprint density at radius 1 is 0.333 bits per heavy atom. The molecule has 1 aliphatic heterocycles. The zero-order valence-corrected chi connectivity index (χ0v) is 32.5. The van der Waals surface area contributed by atoms with Crippen molar-refractivity contribution in [2.75, 3.05) is 9.80 Å². The third-order valence-electron chi connectivity index (χ3n) is 11.8. The smallest absolute Gasteiger partial charge is 0.159 e. The number of benzene rings is 10. The Kier molecular flexibility index (Phi) is 7.82.